The Kier molecular flexibility index (Phi) is 5.85. The predicted molar refractivity (Wildman–Crippen MR) is 135 cm³/mol. The summed E-state index contributed by atoms with van der Waals surface area (Å²) in [6.07, 6.45) is 1.01. The van der Waals surface area contributed by atoms with Gasteiger partial charge in [-0.2, -0.15) is 0 Å². The Bertz CT molecular complexity index is 1190. The monoisotopic (exact) mass is 453 g/mol. The number of hydrogen-bond acceptors (Lipinski definition) is 2. The third-order valence-corrected chi connectivity index (χ3v) is 7.19. The number of anilines is 3. The van der Waals surface area contributed by atoms with Crippen LogP contribution < -0.4 is 4.90 Å². The van der Waals surface area contributed by atoms with Crippen LogP contribution in [0.2, 0.25) is 10.0 Å². The smallest absolute Gasteiger partial charge is 0.0832 e. The summed E-state index contributed by atoms with van der Waals surface area (Å²) in [7, 11) is 0. The van der Waals surface area contributed by atoms with Crippen molar-refractivity contribution in [2.45, 2.75) is 39.5 Å². The third-order valence-electron chi connectivity index (χ3n) is 5.43. The van der Waals surface area contributed by atoms with E-state index in [1.165, 1.54) is 21.2 Å². The fourth-order valence-corrected chi connectivity index (χ4v) is 4.90. The average molecular weight is 454 g/mol. The van der Waals surface area contributed by atoms with Crippen LogP contribution >= 0.6 is 34.5 Å². The van der Waals surface area contributed by atoms with Gasteiger partial charge in [0, 0.05) is 21.2 Å². The molecule has 3 aromatic carbocycles. The number of nitrogens with zero attached hydrogens (tertiary/aromatic N) is 1. The predicted octanol–water partition coefficient (Wildman–Crippen LogP) is 9.54. The van der Waals surface area contributed by atoms with Gasteiger partial charge in [-0.05, 0) is 59.4 Å². The molecule has 1 nitrogen and oxygen atoms in total. The topological polar surface area (TPSA) is 3.24 Å². The van der Waals surface area contributed by atoms with Crippen molar-refractivity contribution in [2.24, 2.45) is 0 Å². The van der Waals surface area contributed by atoms with Crippen molar-refractivity contribution in [1.82, 2.24) is 0 Å². The van der Waals surface area contributed by atoms with Crippen molar-refractivity contribution in [3.63, 3.8) is 0 Å². The molecule has 0 aliphatic rings. The van der Waals surface area contributed by atoms with Crippen LogP contribution in [0.4, 0.5) is 17.1 Å². The van der Waals surface area contributed by atoms with E-state index in [9.17, 15) is 0 Å². The fraction of sp³-hybridized carbons (Fsp3) is 0.231. The first-order valence-corrected chi connectivity index (χ1v) is 11.8. The zero-order valence-corrected chi connectivity index (χ0v) is 20.0. The Morgan fingerprint density at radius 2 is 1.63 bits per heavy atom. The van der Waals surface area contributed by atoms with Crippen LogP contribution in [0.15, 0.2) is 66.0 Å². The minimum absolute atomic E-state index is 0.0781. The molecule has 0 amide bonds. The van der Waals surface area contributed by atoms with Gasteiger partial charge in [0.15, 0.2) is 0 Å². The maximum Gasteiger partial charge on any atom is 0.0832 e. The van der Waals surface area contributed by atoms with Gasteiger partial charge >= 0.3 is 0 Å². The molecule has 4 rings (SSSR count). The van der Waals surface area contributed by atoms with Crippen LogP contribution in [-0.4, -0.2) is 0 Å². The molecule has 0 saturated carbocycles. The van der Waals surface area contributed by atoms with Crippen molar-refractivity contribution in [1.29, 1.82) is 0 Å². The minimum atomic E-state index is 0.0781. The number of benzene rings is 3. The van der Waals surface area contributed by atoms with Crippen molar-refractivity contribution in [2.75, 3.05) is 4.90 Å². The highest BCUT2D eigenvalue weighted by atomic mass is 35.5. The van der Waals surface area contributed by atoms with Gasteiger partial charge in [-0.1, -0.05) is 75.2 Å². The molecule has 0 bridgehead atoms. The first-order valence-electron chi connectivity index (χ1n) is 10.1. The van der Waals surface area contributed by atoms with Crippen LogP contribution in [0, 0.1) is 0 Å². The lowest BCUT2D eigenvalue weighted by molar-refractivity contribution is 0.591. The van der Waals surface area contributed by atoms with Crippen LogP contribution in [0.25, 0.3) is 10.1 Å². The Balaban J connectivity index is 1.97. The van der Waals surface area contributed by atoms with Crippen molar-refractivity contribution in [3.05, 3.63) is 87.2 Å². The standard InChI is InChI=1S/C26H25Cl2NS/c1-5-17-9-12-19(13-10-17)29(22-8-6-7-21(27)25(22)28)23-16-30-24-14-11-18(15-20(23)24)26(2,3)4/h6-16H,5H2,1-4H3. The van der Waals surface area contributed by atoms with Crippen molar-refractivity contribution >= 4 is 61.7 Å². The van der Waals surface area contributed by atoms with E-state index in [4.69, 9.17) is 23.2 Å². The molecular formula is C26H25Cl2NS. The molecule has 1 aromatic heterocycles. The highest BCUT2D eigenvalue weighted by molar-refractivity contribution is 7.17. The molecule has 4 heteroatoms. The van der Waals surface area contributed by atoms with E-state index in [0.717, 1.165) is 23.5 Å². The second kappa shape index (κ2) is 8.26. The van der Waals surface area contributed by atoms with Crippen molar-refractivity contribution in [3.8, 4) is 0 Å². The normalized spacial score (nSPS) is 11.8. The highest BCUT2D eigenvalue weighted by Gasteiger charge is 2.22. The second-order valence-electron chi connectivity index (χ2n) is 8.51. The zero-order chi connectivity index (χ0) is 21.5. The molecule has 0 aliphatic carbocycles. The van der Waals surface area contributed by atoms with E-state index in [-0.39, 0.29) is 5.41 Å². The molecule has 4 aromatic rings. The van der Waals surface area contributed by atoms with E-state index in [0.29, 0.717) is 10.0 Å². The summed E-state index contributed by atoms with van der Waals surface area (Å²) >= 11 is 14.9. The first kappa shape index (κ1) is 21.2. The lowest BCUT2D eigenvalue weighted by Crippen LogP contribution is -2.12. The SMILES string of the molecule is CCc1ccc(N(c2cccc(Cl)c2Cl)c2csc3ccc(C(C)(C)C)cc23)cc1. The molecule has 0 atom stereocenters. The molecular weight excluding hydrogens is 429 g/mol. The number of rotatable bonds is 4. The van der Waals surface area contributed by atoms with Crippen LogP contribution in [-0.2, 0) is 11.8 Å². The lowest BCUT2D eigenvalue weighted by atomic mass is 9.86. The number of halogens is 2. The second-order valence-corrected chi connectivity index (χ2v) is 10.2. The summed E-state index contributed by atoms with van der Waals surface area (Å²) in [5.41, 5.74) is 5.77. The van der Waals surface area contributed by atoms with Gasteiger partial charge in [0.25, 0.3) is 0 Å². The molecule has 0 spiro atoms. The minimum Gasteiger partial charge on any atom is -0.307 e. The van der Waals surface area contributed by atoms with Gasteiger partial charge in [-0.3, -0.25) is 0 Å². The summed E-state index contributed by atoms with van der Waals surface area (Å²) in [4.78, 5) is 2.22. The molecule has 154 valence electrons. The Morgan fingerprint density at radius 1 is 0.900 bits per heavy atom. The van der Waals surface area contributed by atoms with Gasteiger partial charge < -0.3 is 4.90 Å². The number of thiophene rings is 1. The number of fused-ring (bicyclic) bond motifs is 1. The number of aryl methyl sites for hydroxylation is 1. The van der Waals surface area contributed by atoms with Crippen LogP contribution in [0.1, 0.15) is 38.8 Å². The highest BCUT2D eigenvalue weighted by Crippen LogP contribution is 2.46. The van der Waals surface area contributed by atoms with Crippen LogP contribution in [0.3, 0.4) is 0 Å². The summed E-state index contributed by atoms with van der Waals surface area (Å²) in [6, 6.07) is 21.2. The van der Waals surface area contributed by atoms with E-state index in [2.05, 4.69) is 80.4 Å². The molecule has 0 unspecified atom stereocenters. The fourth-order valence-electron chi connectivity index (χ4n) is 3.61. The third kappa shape index (κ3) is 3.97. The molecule has 0 fully saturated rings. The van der Waals surface area contributed by atoms with Gasteiger partial charge in [0.05, 0.1) is 21.4 Å². The summed E-state index contributed by atoms with van der Waals surface area (Å²) in [6.45, 7) is 8.90. The Hall–Kier alpha value is -2.00. The van der Waals surface area contributed by atoms with E-state index < -0.39 is 0 Å². The molecule has 1 heterocycles. The average Bonchev–Trinajstić information content (AvgIpc) is 3.14. The molecule has 0 aliphatic heterocycles. The van der Waals surface area contributed by atoms with Crippen LogP contribution in [0.5, 0.6) is 0 Å². The molecule has 0 N–H and O–H groups in total. The van der Waals surface area contributed by atoms with Gasteiger partial charge in [-0.25, -0.2) is 0 Å². The maximum atomic E-state index is 6.70. The van der Waals surface area contributed by atoms with E-state index in [1.807, 2.05) is 18.2 Å². The molecule has 30 heavy (non-hydrogen) atoms. The summed E-state index contributed by atoms with van der Waals surface area (Å²) in [5, 5.41) is 4.55. The quantitative estimate of drug-likeness (QED) is 0.297. The first-order chi connectivity index (χ1) is 14.3. The lowest BCUT2D eigenvalue weighted by Gasteiger charge is -2.27. The Labute approximate surface area is 192 Å². The summed E-state index contributed by atoms with van der Waals surface area (Å²) in [5.74, 6) is 0. The number of hydrogen-bond donors (Lipinski definition) is 0. The van der Waals surface area contributed by atoms with Gasteiger partial charge in [0.2, 0.25) is 0 Å². The summed E-state index contributed by atoms with van der Waals surface area (Å²) < 4.78 is 1.26. The van der Waals surface area contributed by atoms with E-state index in [1.54, 1.807) is 11.3 Å². The van der Waals surface area contributed by atoms with Gasteiger partial charge in [0.1, 0.15) is 0 Å². The molecule has 0 saturated heterocycles. The zero-order valence-electron chi connectivity index (χ0n) is 17.7. The maximum absolute atomic E-state index is 6.70. The van der Waals surface area contributed by atoms with Gasteiger partial charge in [-0.15, -0.1) is 11.3 Å². The van der Waals surface area contributed by atoms with E-state index >= 15 is 0 Å². The van der Waals surface area contributed by atoms with Crippen molar-refractivity contribution < 1.29 is 0 Å². The Morgan fingerprint density at radius 3 is 2.30 bits per heavy atom. The molecule has 0 radical (unpaired) electrons. The largest absolute Gasteiger partial charge is 0.307 e.